The lowest BCUT2D eigenvalue weighted by atomic mass is 10.1. The zero-order valence-corrected chi connectivity index (χ0v) is 14.3. The SMILES string of the molecule is c1cc2nc(c1)CCc1cnn(c1)-c1cccc(n1)-n1cc(cn1)CC2. The van der Waals surface area contributed by atoms with Crippen LogP contribution in [0.15, 0.2) is 61.2 Å². The molecule has 0 spiro atoms. The summed E-state index contributed by atoms with van der Waals surface area (Å²) in [7, 11) is 0. The van der Waals surface area contributed by atoms with Crippen LogP contribution in [0, 0.1) is 0 Å². The second kappa shape index (κ2) is 6.22. The Labute approximate surface area is 151 Å². The van der Waals surface area contributed by atoms with Gasteiger partial charge in [0.2, 0.25) is 0 Å². The molecule has 0 amide bonds. The molecule has 6 heteroatoms. The third kappa shape index (κ3) is 2.90. The number of pyridine rings is 2. The predicted molar refractivity (Wildman–Crippen MR) is 97.5 cm³/mol. The molecular weight excluding hydrogens is 324 g/mol. The minimum Gasteiger partial charge on any atom is -0.258 e. The Balaban J connectivity index is 1.59. The van der Waals surface area contributed by atoms with Crippen molar-refractivity contribution in [1.82, 2.24) is 29.5 Å². The molecule has 0 saturated heterocycles. The fourth-order valence-corrected chi connectivity index (χ4v) is 3.25. The molecule has 0 saturated carbocycles. The van der Waals surface area contributed by atoms with Gasteiger partial charge in [-0.1, -0.05) is 12.1 Å². The molecule has 0 radical (unpaired) electrons. The van der Waals surface area contributed by atoms with Crippen LogP contribution in [-0.2, 0) is 25.7 Å². The quantitative estimate of drug-likeness (QED) is 0.493. The number of hydrogen-bond acceptors (Lipinski definition) is 4. The number of hydrogen-bond donors (Lipinski definition) is 0. The van der Waals surface area contributed by atoms with Crippen molar-refractivity contribution in [3.8, 4) is 11.6 Å². The minimum atomic E-state index is 0.790. The molecule has 1 aliphatic heterocycles. The van der Waals surface area contributed by atoms with Crippen LogP contribution < -0.4 is 0 Å². The Hall–Kier alpha value is -3.28. The van der Waals surface area contributed by atoms with Crippen molar-refractivity contribution in [2.45, 2.75) is 25.7 Å². The van der Waals surface area contributed by atoms with Crippen molar-refractivity contribution >= 4 is 0 Å². The topological polar surface area (TPSA) is 61.4 Å². The van der Waals surface area contributed by atoms with Gasteiger partial charge in [0.15, 0.2) is 11.6 Å². The summed E-state index contributed by atoms with van der Waals surface area (Å²) in [5, 5.41) is 8.95. The van der Waals surface area contributed by atoms with E-state index in [2.05, 4.69) is 28.4 Å². The first-order valence-corrected chi connectivity index (χ1v) is 8.83. The monoisotopic (exact) mass is 342 g/mol. The van der Waals surface area contributed by atoms with Gasteiger partial charge in [0.25, 0.3) is 0 Å². The summed E-state index contributed by atoms with van der Waals surface area (Å²) < 4.78 is 3.64. The molecular formula is C20H18N6. The van der Waals surface area contributed by atoms with Gasteiger partial charge in [-0.15, -0.1) is 0 Å². The lowest BCUT2D eigenvalue weighted by Gasteiger charge is -2.06. The van der Waals surface area contributed by atoms with E-state index in [0.717, 1.165) is 48.7 Å². The van der Waals surface area contributed by atoms with Crippen molar-refractivity contribution in [2.24, 2.45) is 0 Å². The molecule has 0 fully saturated rings. The molecule has 0 atom stereocenters. The molecule has 5 heterocycles. The van der Waals surface area contributed by atoms with E-state index < -0.39 is 0 Å². The standard InChI is InChI=1S/C20H18N6/c1-3-17-9-7-15-11-21-25(13-15)19-5-2-6-20(24-19)26-14-16(12-22-26)8-10-18(4-1)23-17/h1-6,11-14H,7-10H2. The summed E-state index contributed by atoms with van der Waals surface area (Å²) in [6, 6.07) is 12.2. The summed E-state index contributed by atoms with van der Waals surface area (Å²) in [4.78, 5) is 9.51. The molecule has 6 nitrogen and oxygen atoms in total. The number of aromatic nitrogens is 6. The Kier molecular flexibility index (Phi) is 3.59. The van der Waals surface area contributed by atoms with E-state index >= 15 is 0 Å². The first kappa shape index (κ1) is 15.0. The molecule has 0 unspecified atom stereocenters. The van der Waals surface area contributed by atoms with Gasteiger partial charge in [-0.2, -0.15) is 10.2 Å². The molecule has 5 rings (SSSR count). The normalized spacial score (nSPS) is 13.5. The molecule has 8 bridgehead atoms. The number of nitrogens with zero attached hydrogens (tertiary/aromatic N) is 6. The second-order valence-corrected chi connectivity index (χ2v) is 6.56. The Morgan fingerprint density at radius 3 is 1.73 bits per heavy atom. The number of fused-ring (bicyclic) bond motifs is 10. The van der Waals surface area contributed by atoms with Crippen LogP contribution in [-0.4, -0.2) is 29.5 Å². The van der Waals surface area contributed by atoms with Gasteiger partial charge in [-0.3, -0.25) is 4.98 Å². The van der Waals surface area contributed by atoms with Gasteiger partial charge in [0, 0.05) is 23.8 Å². The van der Waals surface area contributed by atoms with Crippen molar-refractivity contribution in [1.29, 1.82) is 0 Å². The van der Waals surface area contributed by atoms with Gasteiger partial charge in [-0.05, 0) is 61.1 Å². The second-order valence-electron chi connectivity index (χ2n) is 6.56. The summed E-state index contributed by atoms with van der Waals surface area (Å²) in [6.45, 7) is 0. The average molecular weight is 342 g/mol. The zero-order valence-electron chi connectivity index (χ0n) is 14.3. The van der Waals surface area contributed by atoms with Gasteiger partial charge in [0.1, 0.15) is 0 Å². The molecule has 26 heavy (non-hydrogen) atoms. The van der Waals surface area contributed by atoms with E-state index in [1.807, 2.05) is 52.4 Å². The summed E-state index contributed by atoms with van der Waals surface area (Å²) >= 11 is 0. The van der Waals surface area contributed by atoms with Crippen molar-refractivity contribution < 1.29 is 0 Å². The molecule has 1 aliphatic rings. The fourth-order valence-electron chi connectivity index (χ4n) is 3.25. The van der Waals surface area contributed by atoms with Gasteiger partial charge < -0.3 is 0 Å². The van der Waals surface area contributed by atoms with E-state index in [1.54, 1.807) is 0 Å². The highest BCUT2D eigenvalue weighted by atomic mass is 15.3. The van der Waals surface area contributed by atoms with Crippen molar-refractivity contribution in [2.75, 3.05) is 0 Å². The summed E-state index contributed by atoms with van der Waals surface area (Å²) in [5.74, 6) is 1.58. The lowest BCUT2D eigenvalue weighted by molar-refractivity contribution is 0.801. The molecule has 0 N–H and O–H groups in total. The van der Waals surface area contributed by atoms with Crippen LogP contribution in [0.3, 0.4) is 0 Å². The molecule has 128 valence electrons. The molecule has 0 aliphatic carbocycles. The van der Waals surface area contributed by atoms with Crippen LogP contribution in [0.5, 0.6) is 0 Å². The summed E-state index contributed by atoms with van der Waals surface area (Å²) in [5.41, 5.74) is 4.60. The molecule has 0 aromatic carbocycles. The van der Waals surface area contributed by atoms with Crippen LogP contribution in [0.4, 0.5) is 0 Å². The van der Waals surface area contributed by atoms with Crippen molar-refractivity contribution in [3.63, 3.8) is 0 Å². The number of rotatable bonds is 0. The Bertz CT molecular complexity index is 985. The van der Waals surface area contributed by atoms with Crippen molar-refractivity contribution in [3.05, 3.63) is 83.7 Å². The minimum absolute atomic E-state index is 0.790. The van der Waals surface area contributed by atoms with Crippen LogP contribution in [0.25, 0.3) is 11.6 Å². The third-order valence-electron chi connectivity index (χ3n) is 4.67. The van der Waals surface area contributed by atoms with Gasteiger partial charge in [-0.25, -0.2) is 14.3 Å². The van der Waals surface area contributed by atoms with Gasteiger partial charge in [0.05, 0.1) is 12.4 Å². The van der Waals surface area contributed by atoms with E-state index in [0.29, 0.717) is 0 Å². The largest absolute Gasteiger partial charge is 0.258 e. The van der Waals surface area contributed by atoms with E-state index in [9.17, 15) is 0 Å². The Morgan fingerprint density at radius 2 is 1.15 bits per heavy atom. The first-order valence-electron chi connectivity index (χ1n) is 8.83. The predicted octanol–water partition coefficient (Wildman–Crippen LogP) is 2.73. The highest BCUT2D eigenvalue weighted by Gasteiger charge is 2.09. The highest BCUT2D eigenvalue weighted by molar-refractivity contribution is 5.32. The van der Waals surface area contributed by atoms with Crippen LogP contribution >= 0.6 is 0 Å². The van der Waals surface area contributed by atoms with E-state index in [1.165, 1.54) is 11.1 Å². The van der Waals surface area contributed by atoms with E-state index in [4.69, 9.17) is 9.97 Å². The lowest BCUT2D eigenvalue weighted by Crippen LogP contribution is -2.04. The summed E-state index contributed by atoms with van der Waals surface area (Å²) in [6.07, 6.45) is 11.5. The molecule has 4 aromatic rings. The maximum absolute atomic E-state index is 4.81. The zero-order chi connectivity index (χ0) is 17.3. The first-order chi connectivity index (χ1) is 12.8. The third-order valence-corrected chi connectivity index (χ3v) is 4.67. The van der Waals surface area contributed by atoms with Crippen LogP contribution in [0.1, 0.15) is 22.5 Å². The smallest absolute Gasteiger partial charge is 0.155 e. The fraction of sp³-hybridized carbons (Fsp3) is 0.200. The Morgan fingerprint density at radius 1 is 0.615 bits per heavy atom. The number of aryl methyl sites for hydroxylation is 4. The van der Waals surface area contributed by atoms with Crippen LogP contribution in [0.2, 0.25) is 0 Å². The van der Waals surface area contributed by atoms with E-state index in [-0.39, 0.29) is 0 Å². The van der Waals surface area contributed by atoms with Gasteiger partial charge >= 0.3 is 0 Å². The average Bonchev–Trinajstić information content (AvgIpc) is 3.34. The highest BCUT2D eigenvalue weighted by Crippen LogP contribution is 2.14. The maximum atomic E-state index is 4.81. The maximum Gasteiger partial charge on any atom is 0.155 e. The molecule has 4 aromatic heterocycles.